The number of hydrogen-bond acceptors (Lipinski definition) is 5. The SMILES string of the molecule is Cl.O=C(CN1C(=O)c2ccccc2C1=O)Nc1c(I)c(C(=O)O)c(I)c(C(=O)O)c1I. The average Bonchev–Trinajstić information content (AvgIpc) is 2.90. The van der Waals surface area contributed by atoms with Crippen molar-refractivity contribution in [2.75, 3.05) is 11.9 Å². The lowest BCUT2D eigenvalue weighted by Gasteiger charge is -2.18. The van der Waals surface area contributed by atoms with E-state index in [2.05, 4.69) is 5.32 Å². The fourth-order valence-electron chi connectivity index (χ4n) is 2.85. The van der Waals surface area contributed by atoms with E-state index >= 15 is 0 Å². The molecule has 3 N–H and O–H groups in total. The van der Waals surface area contributed by atoms with E-state index in [1.54, 1.807) is 79.9 Å². The van der Waals surface area contributed by atoms with Crippen LogP contribution >= 0.6 is 80.2 Å². The fraction of sp³-hybridized carbons (Fsp3) is 0.0556. The lowest BCUT2D eigenvalue weighted by Crippen LogP contribution is -2.37. The molecular formula is C18H10ClI3N2O7. The van der Waals surface area contributed by atoms with Crippen LogP contribution in [0.15, 0.2) is 24.3 Å². The fourth-order valence-corrected chi connectivity index (χ4v) is 7.21. The van der Waals surface area contributed by atoms with Gasteiger partial charge in [0.1, 0.15) is 6.54 Å². The zero-order valence-electron chi connectivity index (χ0n) is 14.9. The van der Waals surface area contributed by atoms with Crippen molar-refractivity contribution >= 4 is 116 Å². The maximum absolute atomic E-state index is 12.6. The largest absolute Gasteiger partial charge is 0.478 e. The molecular weight excluding hydrogens is 772 g/mol. The summed E-state index contributed by atoms with van der Waals surface area (Å²) < 4.78 is 0.295. The number of rotatable bonds is 5. The van der Waals surface area contributed by atoms with E-state index in [0.29, 0.717) is 0 Å². The number of carbonyl (C=O) groups is 5. The van der Waals surface area contributed by atoms with Crippen molar-refractivity contribution in [3.8, 4) is 0 Å². The Hall–Kier alpha value is -1.53. The number of nitrogens with one attached hydrogen (secondary N) is 1. The Morgan fingerprint density at radius 2 is 1.26 bits per heavy atom. The maximum Gasteiger partial charge on any atom is 0.337 e. The molecule has 13 heteroatoms. The van der Waals surface area contributed by atoms with Gasteiger partial charge in [0.2, 0.25) is 5.91 Å². The Morgan fingerprint density at radius 3 is 1.65 bits per heavy atom. The van der Waals surface area contributed by atoms with E-state index in [9.17, 15) is 34.2 Å². The first kappa shape index (κ1) is 25.7. The summed E-state index contributed by atoms with van der Waals surface area (Å²) in [6, 6.07) is 6.17. The standard InChI is InChI=1S/C18H9I3N2O7.ClH/c19-11-9(17(27)28)12(20)14(13(21)10(11)18(29)30)22-8(24)5-23-15(25)6-3-1-2-4-7(6)16(23)26;/h1-4H,5H2,(H,22,24)(H,27,28)(H,29,30);1H. The van der Waals surface area contributed by atoms with Gasteiger partial charge in [-0.25, -0.2) is 9.59 Å². The molecule has 0 atom stereocenters. The quantitative estimate of drug-likeness (QED) is 0.312. The van der Waals surface area contributed by atoms with Gasteiger partial charge in [0.05, 0.1) is 35.1 Å². The van der Waals surface area contributed by atoms with Crippen molar-refractivity contribution in [1.29, 1.82) is 0 Å². The number of carboxylic acid groups (broad SMARTS) is 2. The molecule has 0 aromatic heterocycles. The van der Waals surface area contributed by atoms with E-state index in [1.807, 2.05) is 0 Å². The van der Waals surface area contributed by atoms with E-state index in [1.165, 1.54) is 12.1 Å². The van der Waals surface area contributed by atoms with Crippen molar-refractivity contribution in [1.82, 2.24) is 4.90 Å². The summed E-state index contributed by atoms with van der Waals surface area (Å²) >= 11 is 5.05. The topological polar surface area (TPSA) is 141 Å². The van der Waals surface area contributed by atoms with Gasteiger partial charge < -0.3 is 15.5 Å². The van der Waals surface area contributed by atoms with Crippen LogP contribution in [0.25, 0.3) is 0 Å². The Kier molecular flexibility index (Phi) is 8.26. The summed E-state index contributed by atoms with van der Waals surface area (Å²) in [6.07, 6.45) is 0. The van der Waals surface area contributed by atoms with Crippen LogP contribution in [-0.2, 0) is 4.79 Å². The van der Waals surface area contributed by atoms with Gasteiger partial charge in [0.25, 0.3) is 11.8 Å². The zero-order valence-corrected chi connectivity index (χ0v) is 22.2. The molecule has 0 saturated heterocycles. The number of aromatic carboxylic acids is 2. The van der Waals surface area contributed by atoms with Crippen molar-refractivity contribution in [2.24, 2.45) is 0 Å². The number of fused-ring (bicyclic) bond motifs is 1. The number of anilines is 1. The highest BCUT2D eigenvalue weighted by molar-refractivity contribution is 14.1. The van der Waals surface area contributed by atoms with E-state index < -0.39 is 36.2 Å². The van der Waals surface area contributed by atoms with Crippen LogP contribution in [0, 0.1) is 10.7 Å². The van der Waals surface area contributed by atoms with E-state index in [-0.39, 0.29) is 51.1 Å². The normalized spacial score (nSPS) is 12.3. The molecule has 0 saturated carbocycles. The second-order valence-electron chi connectivity index (χ2n) is 5.97. The maximum atomic E-state index is 12.6. The van der Waals surface area contributed by atoms with Crippen LogP contribution in [0.3, 0.4) is 0 Å². The first-order valence-electron chi connectivity index (χ1n) is 7.98. The van der Waals surface area contributed by atoms with Gasteiger partial charge >= 0.3 is 11.9 Å². The highest BCUT2D eigenvalue weighted by Gasteiger charge is 2.36. The summed E-state index contributed by atoms with van der Waals surface area (Å²) in [4.78, 5) is 61.5. The summed E-state index contributed by atoms with van der Waals surface area (Å²) in [5.41, 5.74) is -0.145. The molecule has 2 aromatic carbocycles. The first-order chi connectivity index (χ1) is 14.1. The number of halogens is 4. The molecule has 0 bridgehead atoms. The van der Waals surface area contributed by atoms with E-state index in [0.717, 1.165) is 4.90 Å². The summed E-state index contributed by atoms with van der Waals surface area (Å²) in [6.45, 7) is -0.602. The average molecular weight is 782 g/mol. The zero-order chi connectivity index (χ0) is 22.3. The van der Waals surface area contributed by atoms with Crippen molar-refractivity contribution in [3.05, 3.63) is 57.2 Å². The Balaban J connectivity index is 0.00000341. The number of hydrogen-bond donors (Lipinski definition) is 3. The van der Waals surface area contributed by atoms with Crippen LogP contribution in [0.4, 0.5) is 5.69 Å². The molecule has 3 rings (SSSR count). The molecule has 2 aromatic rings. The molecule has 162 valence electrons. The lowest BCUT2D eigenvalue weighted by molar-refractivity contribution is -0.116. The van der Waals surface area contributed by atoms with Crippen LogP contribution in [0.2, 0.25) is 0 Å². The smallest absolute Gasteiger partial charge is 0.337 e. The van der Waals surface area contributed by atoms with Gasteiger partial charge in [0.15, 0.2) is 0 Å². The van der Waals surface area contributed by atoms with Gasteiger partial charge in [-0.2, -0.15) is 0 Å². The third kappa shape index (κ3) is 4.65. The lowest BCUT2D eigenvalue weighted by atomic mass is 10.1. The monoisotopic (exact) mass is 782 g/mol. The molecule has 0 spiro atoms. The highest BCUT2D eigenvalue weighted by atomic mass is 127. The Bertz CT molecular complexity index is 1090. The minimum atomic E-state index is -1.35. The minimum Gasteiger partial charge on any atom is -0.478 e. The Morgan fingerprint density at radius 1 is 0.839 bits per heavy atom. The van der Waals surface area contributed by atoms with E-state index in [4.69, 9.17) is 0 Å². The number of benzene rings is 2. The van der Waals surface area contributed by atoms with Gasteiger partial charge in [-0.05, 0) is 79.9 Å². The number of carbonyl (C=O) groups excluding carboxylic acids is 3. The van der Waals surface area contributed by atoms with Gasteiger partial charge in [0, 0.05) is 3.57 Å². The molecule has 0 radical (unpaired) electrons. The van der Waals surface area contributed by atoms with Crippen molar-refractivity contribution < 1.29 is 34.2 Å². The van der Waals surface area contributed by atoms with Crippen LogP contribution in [-0.4, -0.2) is 51.3 Å². The molecule has 1 aliphatic rings. The predicted molar refractivity (Wildman–Crippen MR) is 136 cm³/mol. The third-order valence-corrected chi connectivity index (χ3v) is 7.43. The second kappa shape index (κ2) is 9.95. The van der Waals surface area contributed by atoms with Crippen LogP contribution in [0.1, 0.15) is 41.4 Å². The summed E-state index contributed by atoms with van der Waals surface area (Å²) in [5.74, 6) is -4.70. The molecule has 0 aliphatic carbocycles. The van der Waals surface area contributed by atoms with Crippen molar-refractivity contribution in [2.45, 2.75) is 0 Å². The molecule has 1 aliphatic heterocycles. The third-order valence-electron chi connectivity index (χ3n) is 4.19. The van der Waals surface area contributed by atoms with Gasteiger partial charge in [-0.3, -0.25) is 19.3 Å². The highest BCUT2D eigenvalue weighted by Crippen LogP contribution is 2.36. The van der Waals surface area contributed by atoms with Gasteiger partial charge in [-0.15, -0.1) is 12.4 Å². The second-order valence-corrected chi connectivity index (χ2v) is 9.20. The van der Waals surface area contributed by atoms with Crippen LogP contribution in [0.5, 0.6) is 0 Å². The van der Waals surface area contributed by atoms with Crippen LogP contribution < -0.4 is 5.32 Å². The number of amides is 3. The number of carboxylic acids is 2. The Labute approximate surface area is 221 Å². The summed E-state index contributed by atoms with van der Waals surface area (Å²) in [5, 5.41) is 21.4. The minimum absolute atomic E-state index is 0. The number of imide groups is 1. The molecule has 9 nitrogen and oxygen atoms in total. The van der Waals surface area contributed by atoms with Gasteiger partial charge in [-0.1, -0.05) is 12.1 Å². The predicted octanol–water partition coefficient (Wildman–Crippen LogP) is 3.55. The summed E-state index contributed by atoms with van der Waals surface area (Å²) in [7, 11) is 0. The molecule has 31 heavy (non-hydrogen) atoms. The molecule has 0 fully saturated rings. The molecule has 1 heterocycles. The first-order valence-corrected chi connectivity index (χ1v) is 11.2. The number of nitrogens with zero attached hydrogens (tertiary/aromatic N) is 1. The molecule has 0 unspecified atom stereocenters. The van der Waals surface area contributed by atoms with Crippen molar-refractivity contribution in [3.63, 3.8) is 0 Å². The molecule has 3 amide bonds.